The molecule has 1 rings (SSSR count). The molecule has 0 spiro atoms. The first-order valence-corrected chi connectivity index (χ1v) is 4.41. The summed E-state index contributed by atoms with van der Waals surface area (Å²) in [7, 11) is 1.42. The Morgan fingerprint density at radius 3 is 2.86 bits per heavy atom. The van der Waals surface area contributed by atoms with Crippen LogP contribution in [-0.4, -0.2) is 0 Å². The Hall–Kier alpha value is 0.110. The molecule has 0 aromatic carbocycles. The van der Waals surface area contributed by atoms with Crippen LogP contribution < -0.4 is 0 Å². The molecule has 1 heterocycles. The van der Waals surface area contributed by atoms with Gasteiger partial charge in [0, 0.05) is 0 Å². The van der Waals surface area contributed by atoms with E-state index in [1.807, 2.05) is 12.1 Å². The monoisotopic (exact) mass is 178 g/mol. The molecular weight excluding hydrogens is 176 g/mol. The number of halogens is 1. The third kappa shape index (κ3) is 1.24. The van der Waals surface area contributed by atoms with E-state index in [-0.39, 0.29) is 0 Å². The maximum Gasteiger partial charge on any atom is 0.171 e. The van der Waals surface area contributed by atoms with Crippen LogP contribution in [0.15, 0.2) is 27.9 Å². The third-order valence-corrected chi connectivity index (χ3v) is 1.91. The van der Waals surface area contributed by atoms with Crippen molar-refractivity contribution in [3.05, 3.63) is 18.4 Å². The first-order chi connectivity index (χ1) is 3.43. The summed E-state index contributed by atoms with van der Waals surface area (Å²) in [6.07, 6.45) is 1.64. The second-order valence-electron chi connectivity index (χ2n) is 1.01. The lowest BCUT2D eigenvalue weighted by atomic mass is 10.7. The second kappa shape index (κ2) is 2.43. The minimum atomic E-state index is 0.889. The van der Waals surface area contributed by atoms with Gasteiger partial charge in [0.15, 0.2) is 5.09 Å². The zero-order chi connectivity index (χ0) is 5.11. The number of rotatable bonds is 1. The van der Waals surface area contributed by atoms with Crippen LogP contribution in [0.2, 0.25) is 0 Å². The molecule has 0 radical (unpaired) electrons. The highest BCUT2D eigenvalue weighted by Gasteiger charge is 1.87. The Bertz CT molecular complexity index is 126. The minimum Gasteiger partial charge on any atom is -0.457 e. The molecule has 38 valence electrons. The summed E-state index contributed by atoms with van der Waals surface area (Å²) in [4.78, 5) is 0. The van der Waals surface area contributed by atoms with E-state index in [0.29, 0.717) is 0 Å². The van der Waals surface area contributed by atoms with Crippen LogP contribution >= 0.6 is 25.0 Å². The van der Waals surface area contributed by atoms with E-state index in [0.717, 1.165) is 5.09 Å². The zero-order valence-electron chi connectivity index (χ0n) is 3.43. The van der Waals surface area contributed by atoms with Gasteiger partial charge in [-0.1, -0.05) is 0 Å². The Labute approximate surface area is 53.3 Å². The molecule has 3 heteroatoms. The van der Waals surface area contributed by atoms with Crippen molar-refractivity contribution in [2.45, 2.75) is 5.09 Å². The van der Waals surface area contributed by atoms with Crippen molar-refractivity contribution in [1.82, 2.24) is 0 Å². The van der Waals surface area contributed by atoms with Crippen molar-refractivity contribution in [2.24, 2.45) is 0 Å². The van der Waals surface area contributed by atoms with Gasteiger partial charge < -0.3 is 4.42 Å². The maximum absolute atomic E-state index is 4.90. The van der Waals surface area contributed by atoms with Gasteiger partial charge in [0.1, 0.15) is 0 Å². The Morgan fingerprint density at radius 2 is 2.57 bits per heavy atom. The van der Waals surface area contributed by atoms with Crippen LogP contribution in [0.25, 0.3) is 0 Å². The summed E-state index contributed by atoms with van der Waals surface area (Å²) in [5, 5.41) is 0.889. The molecule has 0 aliphatic heterocycles. The molecule has 0 amide bonds. The summed E-state index contributed by atoms with van der Waals surface area (Å²) in [5.74, 6) is 0. The maximum atomic E-state index is 4.90. The molecular formula is C4H3BrOS. The Kier molecular flexibility index (Phi) is 1.82. The summed E-state index contributed by atoms with van der Waals surface area (Å²) in [6, 6.07) is 3.74. The van der Waals surface area contributed by atoms with E-state index >= 15 is 0 Å². The second-order valence-corrected chi connectivity index (χ2v) is 2.54. The van der Waals surface area contributed by atoms with Crippen molar-refractivity contribution in [3.8, 4) is 0 Å². The predicted molar refractivity (Wildman–Crippen MR) is 33.5 cm³/mol. The predicted octanol–water partition coefficient (Wildman–Crippen LogP) is 2.68. The highest BCUT2D eigenvalue weighted by molar-refractivity contribution is 9.50. The third-order valence-electron chi connectivity index (χ3n) is 0.571. The van der Waals surface area contributed by atoms with Crippen molar-refractivity contribution in [2.75, 3.05) is 0 Å². The standard InChI is InChI=1S/C4H3BrOS/c5-7-4-2-1-3-6-4/h1-3H. The van der Waals surface area contributed by atoms with Gasteiger partial charge in [-0.25, -0.2) is 0 Å². The van der Waals surface area contributed by atoms with Crippen LogP contribution in [-0.2, 0) is 0 Å². The molecule has 0 fully saturated rings. The van der Waals surface area contributed by atoms with Crippen LogP contribution in [0.5, 0.6) is 0 Å². The lowest BCUT2D eigenvalue weighted by molar-refractivity contribution is 0.476. The van der Waals surface area contributed by atoms with Crippen molar-refractivity contribution in [1.29, 1.82) is 0 Å². The molecule has 0 aliphatic carbocycles. The number of hydrogen-bond acceptors (Lipinski definition) is 2. The summed E-state index contributed by atoms with van der Waals surface area (Å²) >= 11 is 3.16. The molecule has 0 aliphatic rings. The van der Waals surface area contributed by atoms with E-state index in [1.165, 1.54) is 10.2 Å². The van der Waals surface area contributed by atoms with Crippen molar-refractivity contribution in [3.63, 3.8) is 0 Å². The van der Waals surface area contributed by atoms with E-state index in [2.05, 4.69) is 14.8 Å². The van der Waals surface area contributed by atoms with Gasteiger partial charge >= 0.3 is 0 Å². The molecule has 1 nitrogen and oxygen atoms in total. The SMILES string of the molecule is BrSc1ccco1. The van der Waals surface area contributed by atoms with Gasteiger partial charge in [-0.2, -0.15) is 0 Å². The van der Waals surface area contributed by atoms with E-state index in [9.17, 15) is 0 Å². The fourth-order valence-corrected chi connectivity index (χ4v) is 1.08. The molecule has 0 saturated carbocycles. The van der Waals surface area contributed by atoms with Gasteiger partial charge in [0.25, 0.3) is 0 Å². The molecule has 1 aromatic rings. The lowest BCUT2D eigenvalue weighted by Gasteiger charge is -1.76. The Morgan fingerprint density at radius 1 is 1.71 bits per heavy atom. The fourth-order valence-electron chi connectivity index (χ4n) is 0.307. The van der Waals surface area contributed by atoms with E-state index in [4.69, 9.17) is 4.42 Å². The van der Waals surface area contributed by atoms with Gasteiger partial charge in [0.2, 0.25) is 0 Å². The van der Waals surface area contributed by atoms with Gasteiger partial charge in [0.05, 0.1) is 6.26 Å². The average Bonchev–Trinajstić information content (AvgIpc) is 2.14. The lowest BCUT2D eigenvalue weighted by Crippen LogP contribution is -1.43. The topological polar surface area (TPSA) is 13.1 Å². The van der Waals surface area contributed by atoms with Gasteiger partial charge in [-0.15, -0.1) is 0 Å². The van der Waals surface area contributed by atoms with Crippen molar-refractivity contribution >= 4 is 25.0 Å². The average molecular weight is 179 g/mol. The summed E-state index contributed by atoms with van der Waals surface area (Å²) in [5.41, 5.74) is 0. The van der Waals surface area contributed by atoms with Gasteiger partial charge in [-0.05, 0) is 37.1 Å². The first-order valence-electron chi connectivity index (χ1n) is 1.75. The molecule has 7 heavy (non-hydrogen) atoms. The largest absolute Gasteiger partial charge is 0.457 e. The zero-order valence-corrected chi connectivity index (χ0v) is 5.83. The van der Waals surface area contributed by atoms with Crippen LogP contribution in [0.3, 0.4) is 0 Å². The van der Waals surface area contributed by atoms with Gasteiger partial charge in [-0.3, -0.25) is 0 Å². The highest BCUT2D eigenvalue weighted by Crippen LogP contribution is 2.23. The van der Waals surface area contributed by atoms with Crippen LogP contribution in [0.1, 0.15) is 0 Å². The minimum absolute atomic E-state index is 0.889. The highest BCUT2D eigenvalue weighted by atomic mass is 79.9. The normalized spacial score (nSPS) is 9.29. The molecule has 1 aromatic heterocycles. The molecule has 0 N–H and O–H groups in total. The Balaban J connectivity index is 2.76. The summed E-state index contributed by atoms with van der Waals surface area (Å²) in [6.45, 7) is 0. The molecule has 0 atom stereocenters. The summed E-state index contributed by atoms with van der Waals surface area (Å²) < 4.78 is 4.90. The molecule has 0 saturated heterocycles. The quantitative estimate of drug-likeness (QED) is 0.657. The van der Waals surface area contributed by atoms with E-state index in [1.54, 1.807) is 6.26 Å². The smallest absolute Gasteiger partial charge is 0.171 e. The van der Waals surface area contributed by atoms with Crippen LogP contribution in [0, 0.1) is 0 Å². The fraction of sp³-hybridized carbons (Fsp3) is 0. The van der Waals surface area contributed by atoms with Crippen molar-refractivity contribution < 1.29 is 4.42 Å². The number of furan rings is 1. The molecule has 0 unspecified atom stereocenters. The number of hydrogen-bond donors (Lipinski definition) is 0. The van der Waals surface area contributed by atoms with Crippen LogP contribution in [0.4, 0.5) is 0 Å². The molecule has 0 bridgehead atoms. The first kappa shape index (κ1) is 5.25. The van der Waals surface area contributed by atoms with E-state index < -0.39 is 0 Å².